The van der Waals surface area contributed by atoms with Crippen LogP contribution in [0.5, 0.6) is 0 Å². The van der Waals surface area contributed by atoms with E-state index in [2.05, 4.69) is 16.0 Å². The molecule has 2 unspecified atom stereocenters. The molecule has 0 radical (unpaired) electrons. The van der Waals surface area contributed by atoms with Gasteiger partial charge in [0.25, 0.3) is 0 Å². The second-order valence-electron chi connectivity index (χ2n) is 5.38. The highest BCUT2D eigenvalue weighted by atomic mass is 16.2. The average molecular weight is 292 g/mol. The number of carbonyl (C=O) groups is 2. The maximum Gasteiger partial charge on any atom is 0.316 e. The molecule has 0 bridgehead atoms. The van der Waals surface area contributed by atoms with Gasteiger partial charge in [-0.1, -0.05) is 12.1 Å². The number of nitrogens with one attached hydrogen (secondary N) is 3. The first kappa shape index (κ1) is 17.0. The van der Waals surface area contributed by atoms with Crippen LogP contribution in [-0.4, -0.2) is 24.0 Å². The van der Waals surface area contributed by atoms with E-state index in [4.69, 9.17) is 5.73 Å². The molecule has 0 aromatic heterocycles. The van der Waals surface area contributed by atoms with Gasteiger partial charge in [0.1, 0.15) is 0 Å². The van der Waals surface area contributed by atoms with E-state index >= 15 is 0 Å². The first-order chi connectivity index (χ1) is 9.79. The standard InChI is InChI=1S/C15H24N4O2/c1-9(2)17-14(20)11(4)18-10(3)12-5-7-13(8-6-12)19-15(16)21/h5-11,18H,1-4H3,(H,17,20)(H3,16,19,21). The maximum absolute atomic E-state index is 11.9. The van der Waals surface area contributed by atoms with E-state index in [0.29, 0.717) is 5.69 Å². The molecule has 0 fully saturated rings. The predicted molar refractivity (Wildman–Crippen MR) is 83.9 cm³/mol. The van der Waals surface area contributed by atoms with Gasteiger partial charge in [-0.25, -0.2) is 4.79 Å². The Morgan fingerprint density at radius 1 is 1.05 bits per heavy atom. The molecule has 21 heavy (non-hydrogen) atoms. The molecule has 0 aliphatic carbocycles. The van der Waals surface area contributed by atoms with Gasteiger partial charge < -0.3 is 16.4 Å². The maximum atomic E-state index is 11.9. The van der Waals surface area contributed by atoms with Crippen molar-refractivity contribution in [2.45, 2.75) is 45.8 Å². The SMILES string of the molecule is CC(C)NC(=O)C(C)NC(C)c1ccc(NC(N)=O)cc1. The Balaban J connectivity index is 2.60. The van der Waals surface area contributed by atoms with Crippen molar-refractivity contribution in [3.8, 4) is 0 Å². The van der Waals surface area contributed by atoms with E-state index in [9.17, 15) is 9.59 Å². The molecule has 0 saturated heterocycles. The van der Waals surface area contributed by atoms with Crippen LogP contribution in [0.25, 0.3) is 0 Å². The largest absolute Gasteiger partial charge is 0.353 e. The van der Waals surface area contributed by atoms with E-state index < -0.39 is 6.03 Å². The summed E-state index contributed by atoms with van der Waals surface area (Å²) in [5, 5.41) is 8.61. The monoisotopic (exact) mass is 292 g/mol. The smallest absolute Gasteiger partial charge is 0.316 e. The summed E-state index contributed by atoms with van der Waals surface area (Å²) in [4.78, 5) is 22.6. The van der Waals surface area contributed by atoms with Crippen molar-refractivity contribution in [3.05, 3.63) is 29.8 Å². The van der Waals surface area contributed by atoms with E-state index in [0.717, 1.165) is 5.56 Å². The highest BCUT2D eigenvalue weighted by Crippen LogP contribution is 2.16. The fourth-order valence-corrected chi connectivity index (χ4v) is 1.95. The zero-order chi connectivity index (χ0) is 16.0. The molecule has 6 nitrogen and oxygen atoms in total. The molecular weight excluding hydrogens is 268 g/mol. The minimum atomic E-state index is -0.590. The lowest BCUT2D eigenvalue weighted by atomic mass is 10.1. The van der Waals surface area contributed by atoms with E-state index in [-0.39, 0.29) is 24.0 Å². The molecule has 1 aromatic carbocycles. The van der Waals surface area contributed by atoms with Crippen LogP contribution in [0.4, 0.5) is 10.5 Å². The summed E-state index contributed by atoms with van der Waals surface area (Å²) in [6, 6.07) is 6.58. The van der Waals surface area contributed by atoms with Crippen LogP contribution in [-0.2, 0) is 4.79 Å². The molecule has 0 spiro atoms. The normalized spacial score (nSPS) is 13.6. The number of hydrogen-bond donors (Lipinski definition) is 4. The Kier molecular flexibility index (Phi) is 6.17. The van der Waals surface area contributed by atoms with Crippen LogP contribution in [0.15, 0.2) is 24.3 Å². The van der Waals surface area contributed by atoms with Gasteiger partial charge >= 0.3 is 6.03 Å². The van der Waals surface area contributed by atoms with Gasteiger partial charge in [0.2, 0.25) is 5.91 Å². The Labute approximate surface area is 125 Å². The van der Waals surface area contributed by atoms with E-state index in [1.807, 2.05) is 39.8 Å². The van der Waals surface area contributed by atoms with Gasteiger partial charge in [0.05, 0.1) is 6.04 Å². The molecule has 0 saturated carbocycles. The first-order valence-corrected chi connectivity index (χ1v) is 7.02. The van der Waals surface area contributed by atoms with Gasteiger partial charge in [-0.05, 0) is 45.4 Å². The lowest BCUT2D eigenvalue weighted by Gasteiger charge is -2.21. The van der Waals surface area contributed by atoms with Gasteiger partial charge in [0.15, 0.2) is 0 Å². The quantitative estimate of drug-likeness (QED) is 0.643. The average Bonchev–Trinajstić information content (AvgIpc) is 2.37. The molecule has 1 rings (SSSR count). The van der Waals surface area contributed by atoms with Crippen LogP contribution in [0.2, 0.25) is 0 Å². The summed E-state index contributed by atoms with van der Waals surface area (Å²) in [6.07, 6.45) is 0. The second-order valence-corrected chi connectivity index (χ2v) is 5.38. The Bertz CT molecular complexity index is 485. The molecule has 3 amide bonds. The third-order valence-corrected chi connectivity index (χ3v) is 3.00. The molecular formula is C15H24N4O2. The summed E-state index contributed by atoms with van der Waals surface area (Å²) in [6.45, 7) is 7.67. The third-order valence-electron chi connectivity index (χ3n) is 3.00. The topological polar surface area (TPSA) is 96.2 Å². The van der Waals surface area contributed by atoms with Crippen LogP contribution >= 0.6 is 0 Å². The highest BCUT2D eigenvalue weighted by Gasteiger charge is 2.16. The number of nitrogens with two attached hydrogens (primary N) is 1. The van der Waals surface area contributed by atoms with Crippen LogP contribution in [0.3, 0.4) is 0 Å². The van der Waals surface area contributed by atoms with Crippen molar-refractivity contribution in [2.24, 2.45) is 5.73 Å². The molecule has 2 atom stereocenters. The highest BCUT2D eigenvalue weighted by molar-refractivity contribution is 5.87. The summed E-state index contributed by atoms with van der Waals surface area (Å²) in [7, 11) is 0. The molecule has 5 N–H and O–H groups in total. The predicted octanol–water partition coefficient (Wildman–Crippen LogP) is 1.74. The molecule has 0 heterocycles. The second kappa shape index (κ2) is 7.64. The minimum absolute atomic E-state index is 0.0144. The number of benzene rings is 1. The molecule has 6 heteroatoms. The summed E-state index contributed by atoms with van der Waals surface area (Å²) in [5.74, 6) is -0.0242. The zero-order valence-corrected chi connectivity index (χ0v) is 12.9. The third kappa shape index (κ3) is 5.83. The lowest BCUT2D eigenvalue weighted by Crippen LogP contribution is -2.45. The number of rotatable bonds is 6. The number of anilines is 1. The summed E-state index contributed by atoms with van der Waals surface area (Å²) in [5.41, 5.74) is 6.72. The van der Waals surface area contributed by atoms with Crippen molar-refractivity contribution >= 4 is 17.6 Å². The van der Waals surface area contributed by atoms with Crippen molar-refractivity contribution in [2.75, 3.05) is 5.32 Å². The number of amides is 3. The lowest BCUT2D eigenvalue weighted by molar-refractivity contribution is -0.123. The summed E-state index contributed by atoms with van der Waals surface area (Å²) >= 11 is 0. The Morgan fingerprint density at radius 2 is 1.62 bits per heavy atom. The van der Waals surface area contributed by atoms with Gasteiger partial charge in [-0.15, -0.1) is 0 Å². The van der Waals surface area contributed by atoms with Gasteiger partial charge in [-0.3, -0.25) is 10.1 Å². The number of urea groups is 1. The molecule has 0 aliphatic rings. The Hall–Kier alpha value is -2.08. The van der Waals surface area contributed by atoms with Crippen molar-refractivity contribution in [1.29, 1.82) is 0 Å². The Morgan fingerprint density at radius 3 is 2.10 bits per heavy atom. The zero-order valence-electron chi connectivity index (χ0n) is 12.9. The first-order valence-electron chi connectivity index (χ1n) is 7.02. The van der Waals surface area contributed by atoms with Crippen molar-refractivity contribution in [3.63, 3.8) is 0 Å². The fourth-order valence-electron chi connectivity index (χ4n) is 1.95. The van der Waals surface area contributed by atoms with Gasteiger partial charge in [0, 0.05) is 17.8 Å². The van der Waals surface area contributed by atoms with Crippen LogP contribution < -0.4 is 21.7 Å². The molecule has 1 aromatic rings. The van der Waals surface area contributed by atoms with Crippen molar-refractivity contribution in [1.82, 2.24) is 10.6 Å². The molecule has 116 valence electrons. The number of carbonyl (C=O) groups excluding carboxylic acids is 2. The summed E-state index contributed by atoms with van der Waals surface area (Å²) < 4.78 is 0. The molecule has 0 aliphatic heterocycles. The van der Waals surface area contributed by atoms with Crippen LogP contribution in [0.1, 0.15) is 39.3 Å². The van der Waals surface area contributed by atoms with Crippen molar-refractivity contribution < 1.29 is 9.59 Å². The van der Waals surface area contributed by atoms with E-state index in [1.54, 1.807) is 12.1 Å². The van der Waals surface area contributed by atoms with Gasteiger partial charge in [-0.2, -0.15) is 0 Å². The number of hydrogen-bond acceptors (Lipinski definition) is 3. The van der Waals surface area contributed by atoms with E-state index in [1.165, 1.54) is 0 Å². The number of primary amides is 1. The minimum Gasteiger partial charge on any atom is -0.353 e. The fraction of sp³-hybridized carbons (Fsp3) is 0.467. The van der Waals surface area contributed by atoms with Crippen LogP contribution in [0, 0.1) is 0 Å².